The number of nitrogens with one attached hydrogen (secondary N) is 2. The standard InChI is InChI=1S/C21H24ClN5O8S2/c1-20(2,3)35-12(29)6-34-26-13(11-7-36-19(24-11)23-10-28)15(30)25-14-16(31)27-8-21(4-5-22,18(32)33)9-37-17(14)27/h4-5,7,10,14,17H,6,8-9H2,1-3H3,(H,25,30)(H,32,33)(H,23,24,28)/t14?,17-,21?/m1/s1. The summed E-state index contributed by atoms with van der Waals surface area (Å²) in [4.78, 5) is 70.8. The van der Waals surface area contributed by atoms with Gasteiger partial charge in [0.15, 0.2) is 10.8 Å². The Morgan fingerprint density at radius 1 is 1.41 bits per heavy atom. The van der Waals surface area contributed by atoms with E-state index >= 15 is 0 Å². The predicted molar refractivity (Wildman–Crippen MR) is 135 cm³/mol. The third-order valence-corrected chi connectivity index (χ3v) is 7.55. The zero-order valence-electron chi connectivity index (χ0n) is 19.9. The monoisotopic (exact) mass is 573 g/mol. The number of thiazole rings is 1. The van der Waals surface area contributed by atoms with Crippen LogP contribution in [0, 0.1) is 5.41 Å². The van der Waals surface area contributed by atoms with Crippen LogP contribution in [0.1, 0.15) is 26.5 Å². The Hall–Kier alpha value is -3.17. The average Bonchev–Trinajstić information content (AvgIpc) is 3.27. The summed E-state index contributed by atoms with van der Waals surface area (Å²) in [6.45, 7) is 4.36. The number of esters is 1. The molecule has 2 unspecified atom stereocenters. The molecule has 0 aromatic carbocycles. The molecule has 3 heterocycles. The Morgan fingerprint density at radius 2 is 2.14 bits per heavy atom. The van der Waals surface area contributed by atoms with Crippen LogP contribution in [-0.4, -0.2) is 86.8 Å². The number of β-lactam (4-membered cyclic amide) rings is 1. The van der Waals surface area contributed by atoms with E-state index in [1.165, 1.54) is 28.1 Å². The van der Waals surface area contributed by atoms with E-state index in [2.05, 4.69) is 20.8 Å². The lowest BCUT2D eigenvalue weighted by Crippen LogP contribution is -2.73. The molecule has 37 heavy (non-hydrogen) atoms. The van der Waals surface area contributed by atoms with Gasteiger partial charge in [-0.25, -0.2) is 9.78 Å². The number of oxime groups is 1. The van der Waals surface area contributed by atoms with Crippen LogP contribution in [0.3, 0.4) is 0 Å². The third-order valence-electron chi connectivity index (χ3n) is 5.10. The molecule has 0 spiro atoms. The summed E-state index contributed by atoms with van der Waals surface area (Å²) >= 11 is 7.83. The third kappa shape index (κ3) is 6.59. The molecule has 16 heteroatoms. The molecule has 2 aliphatic heterocycles. The van der Waals surface area contributed by atoms with Crippen molar-refractivity contribution in [3.63, 3.8) is 0 Å². The van der Waals surface area contributed by atoms with Crippen LogP contribution in [-0.2, 0) is 33.5 Å². The second-order valence-corrected chi connectivity index (χ2v) is 11.2. The number of halogens is 1. The van der Waals surface area contributed by atoms with Gasteiger partial charge in [0.25, 0.3) is 5.91 Å². The Bertz CT molecular complexity index is 1150. The van der Waals surface area contributed by atoms with Crippen molar-refractivity contribution in [1.29, 1.82) is 0 Å². The van der Waals surface area contributed by atoms with E-state index < -0.39 is 52.8 Å². The van der Waals surface area contributed by atoms with Crippen molar-refractivity contribution in [2.45, 2.75) is 37.8 Å². The zero-order valence-corrected chi connectivity index (χ0v) is 22.3. The Balaban J connectivity index is 1.74. The van der Waals surface area contributed by atoms with Crippen LogP contribution < -0.4 is 10.6 Å². The lowest BCUT2D eigenvalue weighted by Gasteiger charge is -2.53. The first-order valence-electron chi connectivity index (χ1n) is 10.7. The minimum atomic E-state index is -1.34. The van der Waals surface area contributed by atoms with Crippen molar-refractivity contribution in [3.8, 4) is 0 Å². The molecule has 0 radical (unpaired) electrons. The summed E-state index contributed by atoms with van der Waals surface area (Å²) in [7, 11) is 0. The number of fused-ring (bicyclic) bond motifs is 1. The summed E-state index contributed by atoms with van der Waals surface area (Å²) in [5.74, 6) is -2.99. The number of carbonyl (C=O) groups excluding carboxylic acids is 4. The van der Waals surface area contributed by atoms with Gasteiger partial charge in [0.1, 0.15) is 28.1 Å². The van der Waals surface area contributed by atoms with Crippen molar-refractivity contribution in [2.75, 3.05) is 24.2 Å². The highest BCUT2D eigenvalue weighted by Crippen LogP contribution is 2.43. The zero-order chi connectivity index (χ0) is 27.4. The van der Waals surface area contributed by atoms with E-state index in [0.29, 0.717) is 6.41 Å². The number of thioether (sulfide) groups is 1. The quantitative estimate of drug-likeness (QED) is 0.120. The molecule has 13 nitrogen and oxygen atoms in total. The first-order valence-corrected chi connectivity index (χ1v) is 13.1. The molecule has 0 bridgehead atoms. The number of hydrogen-bond donors (Lipinski definition) is 3. The van der Waals surface area contributed by atoms with Gasteiger partial charge in [-0.05, 0) is 20.8 Å². The van der Waals surface area contributed by atoms with Gasteiger partial charge in [-0.3, -0.25) is 19.2 Å². The van der Waals surface area contributed by atoms with Crippen molar-refractivity contribution < 1.29 is 38.7 Å². The van der Waals surface area contributed by atoms with Crippen LogP contribution in [0.25, 0.3) is 0 Å². The number of ether oxygens (including phenoxy) is 1. The number of aliphatic carboxylic acids is 1. The first kappa shape index (κ1) is 28.4. The van der Waals surface area contributed by atoms with Gasteiger partial charge in [-0.1, -0.05) is 22.8 Å². The highest BCUT2D eigenvalue weighted by molar-refractivity contribution is 8.00. The average molecular weight is 574 g/mol. The molecule has 1 aromatic heterocycles. The summed E-state index contributed by atoms with van der Waals surface area (Å²) in [5.41, 5.74) is -1.28. The molecule has 3 amide bonds. The molecule has 3 atom stereocenters. The normalized spacial score (nSPS) is 23.6. The van der Waals surface area contributed by atoms with Gasteiger partial charge < -0.3 is 30.2 Å². The smallest absolute Gasteiger partial charge is 0.347 e. The second kappa shape index (κ2) is 11.5. The number of nitrogens with zero attached hydrogens (tertiary/aromatic N) is 3. The van der Waals surface area contributed by atoms with E-state index in [-0.39, 0.29) is 28.8 Å². The van der Waals surface area contributed by atoms with Crippen molar-refractivity contribution in [2.24, 2.45) is 10.6 Å². The molecule has 1 aromatic rings. The minimum absolute atomic E-state index is 0.0353. The summed E-state index contributed by atoms with van der Waals surface area (Å²) in [5, 5.41) is 19.4. The number of carbonyl (C=O) groups is 5. The van der Waals surface area contributed by atoms with Crippen LogP contribution in [0.5, 0.6) is 0 Å². The fourth-order valence-electron chi connectivity index (χ4n) is 3.45. The lowest BCUT2D eigenvalue weighted by molar-refractivity contribution is -0.160. The van der Waals surface area contributed by atoms with E-state index in [9.17, 15) is 29.1 Å². The van der Waals surface area contributed by atoms with E-state index in [1.807, 2.05) is 0 Å². The summed E-state index contributed by atoms with van der Waals surface area (Å²) in [6.07, 6.45) is 1.75. The fraction of sp³-hybridized carbons (Fsp3) is 0.476. The van der Waals surface area contributed by atoms with Crippen LogP contribution in [0.4, 0.5) is 5.13 Å². The van der Waals surface area contributed by atoms with E-state index in [4.69, 9.17) is 21.2 Å². The van der Waals surface area contributed by atoms with Gasteiger partial charge in [-0.15, -0.1) is 23.1 Å². The van der Waals surface area contributed by atoms with Gasteiger partial charge in [0.2, 0.25) is 18.9 Å². The fourth-order valence-corrected chi connectivity index (χ4v) is 5.86. The van der Waals surface area contributed by atoms with Crippen molar-refractivity contribution >= 4 is 75.7 Å². The van der Waals surface area contributed by atoms with Gasteiger partial charge in [-0.2, -0.15) is 0 Å². The largest absolute Gasteiger partial charge is 0.481 e. The molecule has 2 fully saturated rings. The second-order valence-electron chi connectivity index (χ2n) is 8.97. The van der Waals surface area contributed by atoms with Crippen LogP contribution >= 0.6 is 34.7 Å². The number of rotatable bonds is 10. The predicted octanol–water partition coefficient (Wildman–Crippen LogP) is 0.997. The number of carboxylic acid groups (broad SMARTS) is 1. The molecule has 0 aliphatic carbocycles. The molecule has 2 aliphatic rings. The number of amides is 3. The molecule has 2 saturated heterocycles. The van der Waals surface area contributed by atoms with Crippen LogP contribution in [0.15, 0.2) is 22.1 Å². The highest BCUT2D eigenvalue weighted by Gasteiger charge is 2.57. The van der Waals surface area contributed by atoms with Crippen LogP contribution in [0.2, 0.25) is 0 Å². The molecule has 200 valence electrons. The molecule has 3 N–H and O–H groups in total. The maximum atomic E-state index is 13.1. The topological polar surface area (TPSA) is 177 Å². The van der Waals surface area contributed by atoms with Crippen molar-refractivity contribution in [3.05, 3.63) is 22.7 Å². The number of carboxylic acids is 1. The van der Waals surface area contributed by atoms with E-state index in [1.54, 1.807) is 20.8 Å². The molecule has 0 saturated carbocycles. The van der Waals surface area contributed by atoms with Gasteiger partial charge >= 0.3 is 11.9 Å². The van der Waals surface area contributed by atoms with Gasteiger partial charge in [0.05, 0.1) is 0 Å². The summed E-state index contributed by atoms with van der Waals surface area (Å²) in [6, 6.07) is -0.952. The maximum Gasteiger partial charge on any atom is 0.347 e. The Kier molecular flexibility index (Phi) is 8.81. The Morgan fingerprint density at radius 3 is 2.76 bits per heavy atom. The number of aromatic nitrogens is 1. The minimum Gasteiger partial charge on any atom is -0.481 e. The lowest BCUT2D eigenvalue weighted by atomic mass is 9.87. The van der Waals surface area contributed by atoms with E-state index in [0.717, 1.165) is 16.9 Å². The maximum absolute atomic E-state index is 13.1. The number of anilines is 1. The first-order chi connectivity index (χ1) is 17.4. The van der Waals surface area contributed by atoms with Crippen molar-refractivity contribution in [1.82, 2.24) is 15.2 Å². The van der Waals surface area contributed by atoms with Gasteiger partial charge in [0, 0.05) is 23.2 Å². The molecule has 3 rings (SSSR count). The Labute approximate surface area is 224 Å². The SMILES string of the molecule is CC(C)(C)OC(=O)CON=C(C(=O)NC1C(=O)N2CC(C=CCl)(C(=O)O)CS[C@H]12)c1csc(NC=O)n1. The molecular weight excluding hydrogens is 550 g/mol. The molecular formula is C21H24ClN5O8S2. The summed E-state index contributed by atoms with van der Waals surface area (Å²) < 4.78 is 5.13. The highest BCUT2D eigenvalue weighted by atomic mass is 35.5. The number of hydrogen-bond acceptors (Lipinski definition) is 11.